The van der Waals surface area contributed by atoms with Crippen LogP contribution in [0.15, 0.2) is 71.3 Å². The average Bonchev–Trinajstić information content (AvgIpc) is 3.27. The highest BCUT2D eigenvalue weighted by atomic mass is 19.4. The molecular weight excluding hydrogens is 461 g/mol. The first-order valence-corrected chi connectivity index (χ1v) is 11.0. The standard InChI is InChI=1S/C25H21F3N4O3/c26-25(27,28)35-19-6-7-22-20(15-19)30-23(34-22)18-8-9-29-21(14-18)24(33)32-12-10-31(11-13-32)16-17-4-2-1-3-5-17/h1-9,14-15H,10-13,16H2. The van der Waals surface area contributed by atoms with E-state index in [9.17, 15) is 18.0 Å². The molecule has 7 nitrogen and oxygen atoms in total. The van der Waals surface area contributed by atoms with Gasteiger partial charge in [0.15, 0.2) is 5.58 Å². The number of halogens is 3. The molecule has 1 aliphatic rings. The first-order valence-electron chi connectivity index (χ1n) is 11.0. The number of carbonyl (C=O) groups excluding carboxylic acids is 1. The van der Waals surface area contributed by atoms with Gasteiger partial charge in [-0.15, -0.1) is 13.2 Å². The molecule has 10 heteroatoms. The van der Waals surface area contributed by atoms with E-state index in [4.69, 9.17) is 4.42 Å². The minimum Gasteiger partial charge on any atom is -0.436 e. The van der Waals surface area contributed by atoms with Crippen molar-refractivity contribution in [1.29, 1.82) is 0 Å². The molecule has 0 N–H and O–H groups in total. The lowest BCUT2D eigenvalue weighted by atomic mass is 10.2. The lowest BCUT2D eigenvalue weighted by molar-refractivity contribution is -0.274. The van der Waals surface area contributed by atoms with Gasteiger partial charge in [0.1, 0.15) is 17.0 Å². The van der Waals surface area contributed by atoms with Crippen molar-refractivity contribution in [3.63, 3.8) is 0 Å². The van der Waals surface area contributed by atoms with E-state index in [0.717, 1.165) is 31.8 Å². The van der Waals surface area contributed by atoms with E-state index in [1.54, 1.807) is 17.0 Å². The van der Waals surface area contributed by atoms with Crippen molar-refractivity contribution in [1.82, 2.24) is 19.8 Å². The number of piperazine rings is 1. The van der Waals surface area contributed by atoms with Crippen molar-refractivity contribution in [2.75, 3.05) is 26.2 Å². The zero-order valence-corrected chi connectivity index (χ0v) is 18.5. The molecule has 0 radical (unpaired) electrons. The molecule has 180 valence electrons. The van der Waals surface area contributed by atoms with E-state index in [-0.39, 0.29) is 28.8 Å². The number of aromatic nitrogens is 2. The van der Waals surface area contributed by atoms with Crippen LogP contribution in [0.3, 0.4) is 0 Å². The largest absolute Gasteiger partial charge is 0.573 e. The Kier molecular flexibility index (Phi) is 6.12. The number of ether oxygens (including phenoxy) is 1. The number of hydrogen-bond donors (Lipinski definition) is 0. The molecule has 2 aromatic heterocycles. The summed E-state index contributed by atoms with van der Waals surface area (Å²) in [4.78, 5) is 25.6. The number of hydrogen-bond acceptors (Lipinski definition) is 6. The second-order valence-corrected chi connectivity index (χ2v) is 8.18. The molecule has 0 bridgehead atoms. The number of fused-ring (bicyclic) bond motifs is 1. The van der Waals surface area contributed by atoms with Gasteiger partial charge in [-0.05, 0) is 29.8 Å². The van der Waals surface area contributed by atoms with Crippen molar-refractivity contribution in [3.8, 4) is 17.2 Å². The quantitative estimate of drug-likeness (QED) is 0.409. The van der Waals surface area contributed by atoms with Crippen LogP contribution in [0.4, 0.5) is 13.2 Å². The van der Waals surface area contributed by atoms with E-state index in [1.807, 2.05) is 18.2 Å². The van der Waals surface area contributed by atoms with Gasteiger partial charge >= 0.3 is 6.36 Å². The molecule has 0 spiro atoms. The zero-order valence-electron chi connectivity index (χ0n) is 18.5. The number of pyridine rings is 1. The third-order valence-electron chi connectivity index (χ3n) is 5.73. The van der Waals surface area contributed by atoms with Gasteiger partial charge in [0.25, 0.3) is 5.91 Å². The summed E-state index contributed by atoms with van der Waals surface area (Å²) in [6.45, 7) is 3.52. The molecule has 0 aliphatic carbocycles. The number of oxazole rings is 1. The Morgan fingerprint density at radius 3 is 2.51 bits per heavy atom. The van der Waals surface area contributed by atoms with E-state index in [1.165, 1.54) is 17.8 Å². The van der Waals surface area contributed by atoms with E-state index < -0.39 is 6.36 Å². The highest BCUT2D eigenvalue weighted by Gasteiger charge is 2.31. The lowest BCUT2D eigenvalue weighted by Gasteiger charge is -2.34. The summed E-state index contributed by atoms with van der Waals surface area (Å²) in [5, 5.41) is 0. The van der Waals surface area contributed by atoms with E-state index in [0.29, 0.717) is 24.2 Å². The molecule has 0 saturated carbocycles. The van der Waals surface area contributed by atoms with Gasteiger partial charge in [-0.3, -0.25) is 14.7 Å². The third-order valence-corrected chi connectivity index (χ3v) is 5.73. The van der Waals surface area contributed by atoms with Crippen LogP contribution >= 0.6 is 0 Å². The normalized spacial score (nSPS) is 14.9. The van der Waals surface area contributed by atoms with Gasteiger partial charge in [-0.25, -0.2) is 4.98 Å². The van der Waals surface area contributed by atoms with Crippen LogP contribution in [0.2, 0.25) is 0 Å². The fraction of sp³-hybridized carbons (Fsp3) is 0.240. The Morgan fingerprint density at radius 1 is 1.00 bits per heavy atom. The van der Waals surface area contributed by atoms with Crippen LogP contribution in [-0.2, 0) is 6.54 Å². The zero-order chi connectivity index (χ0) is 24.4. The van der Waals surface area contributed by atoms with Crippen LogP contribution in [0.5, 0.6) is 5.75 Å². The maximum atomic E-state index is 13.1. The smallest absolute Gasteiger partial charge is 0.436 e. The summed E-state index contributed by atoms with van der Waals surface area (Å²) in [5.41, 5.74) is 2.50. The molecular formula is C25H21F3N4O3. The van der Waals surface area contributed by atoms with Gasteiger partial charge in [0.2, 0.25) is 5.89 Å². The number of nitrogens with zero attached hydrogens (tertiary/aromatic N) is 4. The van der Waals surface area contributed by atoms with Gasteiger partial charge in [-0.2, -0.15) is 0 Å². The van der Waals surface area contributed by atoms with Crippen molar-refractivity contribution < 1.29 is 27.1 Å². The van der Waals surface area contributed by atoms with E-state index in [2.05, 4.69) is 31.7 Å². The molecule has 1 amide bonds. The van der Waals surface area contributed by atoms with Crippen LogP contribution < -0.4 is 4.74 Å². The Hall–Kier alpha value is -3.92. The molecule has 3 heterocycles. The minimum absolute atomic E-state index is 0.174. The van der Waals surface area contributed by atoms with Gasteiger partial charge in [-0.1, -0.05) is 30.3 Å². The number of carbonyl (C=O) groups is 1. The van der Waals surface area contributed by atoms with Gasteiger partial charge < -0.3 is 14.1 Å². The third kappa shape index (κ3) is 5.43. The minimum atomic E-state index is -4.80. The first kappa shape index (κ1) is 22.9. The Balaban J connectivity index is 1.27. The summed E-state index contributed by atoms with van der Waals surface area (Å²) >= 11 is 0. The second kappa shape index (κ2) is 9.38. The molecule has 4 aromatic rings. The Labute approximate surface area is 198 Å². The molecule has 1 aliphatic heterocycles. The molecule has 0 unspecified atom stereocenters. The second-order valence-electron chi connectivity index (χ2n) is 8.18. The maximum Gasteiger partial charge on any atom is 0.573 e. The summed E-state index contributed by atoms with van der Waals surface area (Å²) < 4.78 is 47.1. The van der Waals surface area contributed by atoms with Crippen LogP contribution in [0.1, 0.15) is 16.1 Å². The summed E-state index contributed by atoms with van der Waals surface area (Å²) in [7, 11) is 0. The number of benzene rings is 2. The molecule has 35 heavy (non-hydrogen) atoms. The van der Waals surface area contributed by atoms with Gasteiger partial charge in [0, 0.05) is 50.6 Å². The summed E-state index contributed by atoms with van der Waals surface area (Å²) in [6.07, 6.45) is -3.31. The molecule has 5 rings (SSSR count). The fourth-order valence-corrected chi connectivity index (χ4v) is 4.02. The van der Waals surface area contributed by atoms with Crippen molar-refractivity contribution in [3.05, 3.63) is 78.1 Å². The average molecular weight is 482 g/mol. The van der Waals surface area contributed by atoms with Crippen molar-refractivity contribution >= 4 is 17.0 Å². The van der Waals surface area contributed by atoms with Crippen LogP contribution in [-0.4, -0.2) is 58.2 Å². The molecule has 1 saturated heterocycles. The fourth-order valence-electron chi connectivity index (χ4n) is 4.02. The Bertz CT molecular complexity index is 1330. The first-order chi connectivity index (χ1) is 16.8. The van der Waals surface area contributed by atoms with Crippen LogP contribution in [0, 0.1) is 0 Å². The van der Waals surface area contributed by atoms with Crippen LogP contribution in [0.25, 0.3) is 22.6 Å². The SMILES string of the molecule is O=C(c1cc(-c2nc3cc(OC(F)(F)F)ccc3o2)ccn1)N1CCN(Cc2ccccc2)CC1. The number of alkyl halides is 3. The topological polar surface area (TPSA) is 71.7 Å². The molecule has 0 atom stereocenters. The maximum absolute atomic E-state index is 13.1. The number of amides is 1. The monoisotopic (exact) mass is 482 g/mol. The highest BCUT2D eigenvalue weighted by Crippen LogP contribution is 2.29. The highest BCUT2D eigenvalue weighted by molar-refractivity contribution is 5.93. The lowest BCUT2D eigenvalue weighted by Crippen LogP contribution is -2.48. The predicted molar refractivity (Wildman–Crippen MR) is 122 cm³/mol. The van der Waals surface area contributed by atoms with Crippen molar-refractivity contribution in [2.24, 2.45) is 0 Å². The summed E-state index contributed by atoms with van der Waals surface area (Å²) in [6, 6.07) is 17.1. The molecule has 1 fully saturated rings. The Morgan fingerprint density at radius 2 is 1.77 bits per heavy atom. The number of rotatable bonds is 5. The predicted octanol–water partition coefficient (Wildman–Crippen LogP) is 4.75. The van der Waals surface area contributed by atoms with Crippen molar-refractivity contribution in [2.45, 2.75) is 12.9 Å². The molecule has 2 aromatic carbocycles. The van der Waals surface area contributed by atoms with E-state index >= 15 is 0 Å². The summed E-state index contributed by atoms with van der Waals surface area (Å²) in [5.74, 6) is -0.404. The van der Waals surface area contributed by atoms with Gasteiger partial charge in [0.05, 0.1) is 0 Å².